The molecule has 0 atom stereocenters. The molecule has 0 radical (unpaired) electrons. The van der Waals surface area contributed by atoms with Crippen LogP contribution >= 0.6 is 24.0 Å². The normalized spacial score (nSPS) is 11.7. The Balaban J connectivity index is 0.00000676. The number of halogens is 4. The predicted octanol–water partition coefficient (Wildman–Crippen LogP) is 4.83. The zero-order valence-electron chi connectivity index (χ0n) is 15.8. The predicted molar refractivity (Wildman–Crippen MR) is 113 cm³/mol. The van der Waals surface area contributed by atoms with Crippen molar-refractivity contribution in [2.24, 2.45) is 4.99 Å². The molecular weight excluding hydrogens is 474 g/mol. The number of hydrogen-bond donors (Lipinski definition) is 2. The van der Waals surface area contributed by atoms with Crippen LogP contribution in [-0.2, 0) is 4.74 Å². The number of benzene rings is 1. The molecule has 0 aliphatic carbocycles. The topological polar surface area (TPSA) is 54.9 Å². The number of nitrogens with zero attached hydrogens (tertiary/aromatic N) is 1. The third kappa shape index (κ3) is 13.6. The molecule has 1 aromatic carbocycles. The molecule has 0 spiro atoms. The molecule has 0 heterocycles. The van der Waals surface area contributed by atoms with Gasteiger partial charge in [0.05, 0.1) is 6.61 Å². The fourth-order valence-electron chi connectivity index (χ4n) is 2.13. The number of ether oxygens (including phenoxy) is 2. The Bertz CT molecular complexity index is 543. The van der Waals surface area contributed by atoms with E-state index in [-0.39, 0.29) is 30.4 Å². The zero-order valence-corrected chi connectivity index (χ0v) is 18.1. The molecule has 5 nitrogen and oxygen atoms in total. The van der Waals surface area contributed by atoms with Crippen LogP contribution in [0.3, 0.4) is 0 Å². The third-order valence-electron chi connectivity index (χ3n) is 3.34. The second-order valence-corrected chi connectivity index (χ2v) is 5.68. The second-order valence-electron chi connectivity index (χ2n) is 5.68. The molecule has 27 heavy (non-hydrogen) atoms. The molecule has 0 amide bonds. The number of guanidine groups is 1. The molecule has 0 aliphatic heterocycles. The number of aliphatic imine (C=N–C) groups is 1. The molecule has 1 aromatic rings. The van der Waals surface area contributed by atoms with Gasteiger partial charge < -0.3 is 20.1 Å². The van der Waals surface area contributed by atoms with Gasteiger partial charge in [0, 0.05) is 51.4 Å². The van der Waals surface area contributed by atoms with E-state index in [1.807, 2.05) is 31.2 Å². The highest BCUT2D eigenvalue weighted by Gasteiger charge is 2.25. The maximum Gasteiger partial charge on any atom is 0.389 e. The molecule has 0 unspecified atom stereocenters. The lowest BCUT2D eigenvalue weighted by Gasteiger charge is -2.13. The Morgan fingerprint density at radius 1 is 1.15 bits per heavy atom. The van der Waals surface area contributed by atoms with Crippen molar-refractivity contribution in [2.45, 2.75) is 38.8 Å². The van der Waals surface area contributed by atoms with Gasteiger partial charge in [0.1, 0.15) is 5.75 Å². The molecule has 0 bridgehead atoms. The van der Waals surface area contributed by atoms with Crippen LogP contribution in [0, 0.1) is 0 Å². The summed E-state index contributed by atoms with van der Waals surface area (Å²) in [6.07, 6.45) is -3.60. The van der Waals surface area contributed by atoms with Crippen molar-refractivity contribution in [3.05, 3.63) is 24.3 Å². The van der Waals surface area contributed by atoms with E-state index >= 15 is 0 Å². The number of methoxy groups -OCH3 is 1. The average molecular weight is 503 g/mol. The van der Waals surface area contributed by atoms with Gasteiger partial charge in [-0.2, -0.15) is 13.2 Å². The van der Waals surface area contributed by atoms with Crippen molar-refractivity contribution < 1.29 is 22.6 Å². The zero-order chi connectivity index (χ0) is 19.3. The first-order valence-corrected chi connectivity index (χ1v) is 8.78. The standard InChI is InChI=1S/C18H28F3N3O2.HI/c1-3-22-17(23-11-5-4-10-18(19,20)21)24-15-8-6-9-16(14-15)26-13-7-12-25-2;/h6,8-9,14H,3-5,7,10-13H2,1-2H3,(H2,22,23,24);1H. The average Bonchev–Trinajstić information content (AvgIpc) is 2.58. The first-order chi connectivity index (χ1) is 12.4. The lowest BCUT2D eigenvalue weighted by molar-refractivity contribution is -0.135. The Morgan fingerprint density at radius 2 is 1.93 bits per heavy atom. The van der Waals surface area contributed by atoms with Crippen LogP contribution in [0.4, 0.5) is 18.9 Å². The number of rotatable bonds is 11. The van der Waals surface area contributed by atoms with Gasteiger partial charge in [0.25, 0.3) is 0 Å². The Kier molecular flexibility index (Phi) is 14.1. The Morgan fingerprint density at radius 3 is 2.59 bits per heavy atom. The number of hydrogen-bond acceptors (Lipinski definition) is 3. The van der Waals surface area contributed by atoms with Gasteiger partial charge in [-0.25, -0.2) is 0 Å². The monoisotopic (exact) mass is 503 g/mol. The van der Waals surface area contributed by atoms with Gasteiger partial charge in [0.15, 0.2) is 5.96 Å². The molecule has 2 N–H and O–H groups in total. The summed E-state index contributed by atoms with van der Waals surface area (Å²) in [5, 5.41) is 6.22. The van der Waals surface area contributed by atoms with Gasteiger partial charge >= 0.3 is 6.18 Å². The highest BCUT2D eigenvalue weighted by atomic mass is 127. The quantitative estimate of drug-likeness (QED) is 0.197. The smallest absolute Gasteiger partial charge is 0.389 e. The van der Waals surface area contributed by atoms with Crippen molar-refractivity contribution in [1.29, 1.82) is 0 Å². The fourth-order valence-corrected chi connectivity index (χ4v) is 2.13. The van der Waals surface area contributed by atoms with Gasteiger partial charge in [-0.05, 0) is 31.9 Å². The van der Waals surface area contributed by atoms with E-state index in [9.17, 15) is 13.2 Å². The number of nitrogens with one attached hydrogen (secondary N) is 2. The SMILES string of the molecule is CCNC(=NCCCCC(F)(F)F)Nc1cccc(OCCCOC)c1.I. The third-order valence-corrected chi connectivity index (χ3v) is 3.34. The molecule has 9 heteroatoms. The molecule has 0 saturated heterocycles. The van der Waals surface area contributed by atoms with Gasteiger partial charge in [-0.3, -0.25) is 4.99 Å². The number of alkyl halides is 3. The lowest BCUT2D eigenvalue weighted by Crippen LogP contribution is -2.30. The first-order valence-electron chi connectivity index (χ1n) is 8.78. The maximum absolute atomic E-state index is 12.1. The van der Waals surface area contributed by atoms with E-state index in [1.54, 1.807) is 7.11 Å². The summed E-state index contributed by atoms with van der Waals surface area (Å²) in [5.74, 6) is 1.27. The molecule has 1 rings (SSSR count). The van der Waals surface area contributed by atoms with Crippen LogP contribution in [0.15, 0.2) is 29.3 Å². The van der Waals surface area contributed by atoms with Crippen molar-refractivity contribution in [3.8, 4) is 5.75 Å². The van der Waals surface area contributed by atoms with Gasteiger partial charge in [0.2, 0.25) is 0 Å². The summed E-state index contributed by atoms with van der Waals surface area (Å²) >= 11 is 0. The molecule has 156 valence electrons. The molecule has 0 fully saturated rings. The molecule has 0 saturated carbocycles. The van der Waals surface area contributed by atoms with E-state index in [1.165, 1.54) is 0 Å². The summed E-state index contributed by atoms with van der Waals surface area (Å²) in [6, 6.07) is 7.45. The van der Waals surface area contributed by atoms with E-state index in [4.69, 9.17) is 9.47 Å². The van der Waals surface area contributed by atoms with Crippen LogP contribution < -0.4 is 15.4 Å². The van der Waals surface area contributed by atoms with Gasteiger partial charge in [-0.1, -0.05) is 6.07 Å². The highest BCUT2D eigenvalue weighted by Crippen LogP contribution is 2.22. The first kappa shape index (κ1) is 25.8. The summed E-state index contributed by atoms with van der Waals surface area (Å²) in [5.41, 5.74) is 0.796. The summed E-state index contributed by atoms with van der Waals surface area (Å²) in [6.45, 7) is 4.12. The van der Waals surface area contributed by atoms with Crippen LogP contribution in [-0.4, -0.2) is 45.5 Å². The van der Waals surface area contributed by atoms with Crippen molar-refractivity contribution in [2.75, 3.05) is 38.7 Å². The summed E-state index contributed by atoms with van der Waals surface area (Å²) in [7, 11) is 1.65. The van der Waals surface area contributed by atoms with Crippen LogP contribution in [0.25, 0.3) is 0 Å². The van der Waals surface area contributed by atoms with Crippen LogP contribution in [0.5, 0.6) is 5.75 Å². The minimum Gasteiger partial charge on any atom is -0.493 e. The highest BCUT2D eigenvalue weighted by molar-refractivity contribution is 14.0. The van der Waals surface area contributed by atoms with Crippen LogP contribution in [0.2, 0.25) is 0 Å². The Labute approximate surface area is 176 Å². The summed E-state index contributed by atoms with van der Waals surface area (Å²) < 4.78 is 47.0. The fraction of sp³-hybridized carbons (Fsp3) is 0.611. The number of unbranched alkanes of at least 4 members (excludes halogenated alkanes) is 1. The largest absolute Gasteiger partial charge is 0.493 e. The van der Waals surface area contributed by atoms with E-state index < -0.39 is 12.6 Å². The molecular formula is C18H29F3IN3O2. The van der Waals surface area contributed by atoms with E-state index in [0.29, 0.717) is 38.7 Å². The summed E-state index contributed by atoms with van der Waals surface area (Å²) in [4.78, 5) is 4.31. The minimum absolute atomic E-state index is 0. The molecule has 0 aromatic heterocycles. The van der Waals surface area contributed by atoms with E-state index in [2.05, 4.69) is 15.6 Å². The van der Waals surface area contributed by atoms with Crippen LogP contribution in [0.1, 0.15) is 32.6 Å². The van der Waals surface area contributed by atoms with E-state index in [0.717, 1.165) is 17.9 Å². The van der Waals surface area contributed by atoms with Crippen molar-refractivity contribution in [1.82, 2.24) is 5.32 Å². The van der Waals surface area contributed by atoms with Crippen molar-refractivity contribution >= 4 is 35.6 Å². The number of anilines is 1. The molecule has 0 aliphatic rings. The second kappa shape index (κ2) is 14.8. The lowest BCUT2D eigenvalue weighted by atomic mass is 10.2. The minimum atomic E-state index is -4.10. The Hall–Kier alpha value is -1.23. The van der Waals surface area contributed by atoms with Crippen molar-refractivity contribution in [3.63, 3.8) is 0 Å². The van der Waals surface area contributed by atoms with Gasteiger partial charge in [-0.15, -0.1) is 24.0 Å². The maximum atomic E-state index is 12.1.